The average Bonchev–Trinajstić information content (AvgIpc) is 2.51. The first kappa shape index (κ1) is 18.3. The summed E-state index contributed by atoms with van der Waals surface area (Å²) in [5, 5.41) is 0. The number of ether oxygens (including phenoxy) is 2. The highest BCUT2D eigenvalue weighted by Crippen LogP contribution is 2.16. The van der Waals surface area contributed by atoms with Crippen LogP contribution >= 0.6 is 0 Å². The molecule has 1 aliphatic rings. The Morgan fingerprint density at radius 2 is 2.17 bits per heavy atom. The Balaban J connectivity index is 1.76. The molecule has 1 unspecified atom stereocenters. The molecule has 0 aromatic heterocycles. The number of nitrogens with zero attached hydrogens (tertiary/aromatic N) is 2. The molecule has 0 saturated carbocycles. The van der Waals surface area contributed by atoms with Crippen molar-refractivity contribution in [3.05, 3.63) is 24.3 Å². The molecule has 0 aliphatic carbocycles. The number of guanidine groups is 1. The second kappa shape index (κ2) is 8.20. The van der Waals surface area contributed by atoms with Crippen LogP contribution in [0.4, 0.5) is 5.69 Å². The molecule has 0 amide bonds. The van der Waals surface area contributed by atoms with Crippen LogP contribution in [0.1, 0.15) is 6.92 Å². The number of aliphatic imine (C=N–C) groups is 1. The summed E-state index contributed by atoms with van der Waals surface area (Å²) in [6.45, 7) is 4.98. The van der Waals surface area contributed by atoms with Crippen LogP contribution in [0.15, 0.2) is 29.3 Å². The van der Waals surface area contributed by atoms with Gasteiger partial charge in [-0.3, -0.25) is 4.72 Å². The van der Waals surface area contributed by atoms with E-state index in [-0.39, 0.29) is 6.10 Å². The predicted molar refractivity (Wildman–Crippen MR) is 93.9 cm³/mol. The van der Waals surface area contributed by atoms with Crippen LogP contribution in [0.5, 0.6) is 5.75 Å². The highest BCUT2D eigenvalue weighted by atomic mass is 32.2. The van der Waals surface area contributed by atoms with E-state index in [0.29, 0.717) is 37.2 Å². The van der Waals surface area contributed by atoms with Gasteiger partial charge in [0.1, 0.15) is 12.4 Å². The molecule has 0 spiro atoms. The Bertz CT molecular complexity index is 661. The van der Waals surface area contributed by atoms with Crippen LogP contribution in [0.25, 0.3) is 0 Å². The number of hydrogen-bond acceptors (Lipinski definition) is 5. The quantitative estimate of drug-likeness (QED) is 0.436. The number of sulfonamides is 1. The lowest BCUT2D eigenvalue weighted by Crippen LogP contribution is -2.48. The van der Waals surface area contributed by atoms with Crippen molar-refractivity contribution in [1.29, 1.82) is 0 Å². The first-order chi connectivity index (χ1) is 11.3. The second-order valence-electron chi connectivity index (χ2n) is 5.61. The third-order valence-electron chi connectivity index (χ3n) is 3.36. The van der Waals surface area contributed by atoms with Gasteiger partial charge in [-0.2, -0.15) is 0 Å². The van der Waals surface area contributed by atoms with Gasteiger partial charge in [0.15, 0.2) is 5.96 Å². The van der Waals surface area contributed by atoms with E-state index in [2.05, 4.69) is 9.71 Å². The largest absolute Gasteiger partial charge is 0.492 e. The average molecular weight is 356 g/mol. The first-order valence-electron chi connectivity index (χ1n) is 7.70. The summed E-state index contributed by atoms with van der Waals surface area (Å²) >= 11 is 0. The van der Waals surface area contributed by atoms with E-state index < -0.39 is 10.0 Å². The molecule has 3 N–H and O–H groups in total. The molecular formula is C15H24N4O4S. The van der Waals surface area contributed by atoms with Crippen molar-refractivity contribution >= 4 is 21.7 Å². The Labute approximate surface area is 142 Å². The van der Waals surface area contributed by atoms with E-state index in [1.807, 2.05) is 11.8 Å². The highest BCUT2D eigenvalue weighted by molar-refractivity contribution is 7.92. The van der Waals surface area contributed by atoms with Gasteiger partial charge in [0.05, 0.1) is 25.5 Å². The molecule has 1 aliphatic heterocycles. The van der Waals surface area contributed by atoms with E-state index in [0.717, 1.165) is 19.3 Å². The van der Waals surface area contributed by atoms with Crippen molar-refractivity contribution in [3.8, 4) is 5.75 Å². The number of nitrogens with two attached hydrogens (primary N) is 1. The molecule has 1 heterocycles. The molecule has 1 aromatic rings. The summed E-state index contributed by atoms with van der Waals surface area (Å²) in [4.78, 5) is 6.31. The van der Waals surface area contributed by atoms with Gasteiger partial charge >= 0.3 is 0 Å². The maximum absolute atomic E-state index is 11.1. The number of nitrogens with one attached hydrogen (secondary N) is 1. The Morgan fingerprint density at radius 3 is 2.79 bits per heavy atom. The molecule has 134 valence electrons. The third kappa shape index (κ3) is 6.25. The van der Waals surface area contributed by atoms with Crippen molar-refractivity contribution in [2.45, 2.75) is 13.0 Å². The van der Waals surface area contributed by atoms with Gasteiger partial charge in [-0.1, -0.05) is 0 Å². The minimum absolute atomic E-state index is 0.155. The summed E-state index contributed by atoms with van der Waals surface area (Å²) in [5.74, 6) is 1.14. The fourth-order valence-electron chi connectivity index (χ4n) is 2.28. The van der Waals surface area contributed by atoms with Gasteiger partial charge < -0.3 is 20.1 Å². The molecule has 9 heteroatoms. The molecule has 8 nitrogen and oxygen atoms in total. The summed E-state index contributed by atoms with van der Waals surface area (Å²) in [5.41, 5.74) is 6.46. The van der Waals surface area contributed by atoms with Gasteiger partial charge in [0, 0.05) is 18.8 Å². The van der Waals surface area contributed by atoms with Gasteiger partial charge in [-0.25, -0.2) is 13.4 Å². The van der Waals surface area contributed by atoms with E-state index in [1.54, 1.807) is 24.3 Å². The molecule has 2 rings (SSSR count). The van der Waals surface area contributed by atoms with Crippen LogP contribution in [0, 0.1) is 0 Å². The lowest BCUT2D eigenvalue weighted by Gasteiger charge is -2.31. The van der Waals surface area contributed by atoms with E-state index in [1.165, 1.54) is 0 Å². The van der Waals surface area contributed by atoms with Crippen molar-refractivity contribution < 1.29 is 17.9 Å². The Hall–Kier alpha value is -2.00. The maximum atomic E-state index is 11.1. The highest BCUT2D eigenvalue weighted by Gasteiger charge is 2.17. The molecule has 0 radical (unpaired) electrons. The summed E-state index contributed by atoms with van der Waals surface area (Å²) in [6.07, 6.45) is 1.26. The van der Waals surface area contributed by atoms with Crippen molar-refractivity contribution in [2.75, 3.05) is 43.8 Å². The number of rotatable bonds is 6. The van der Waals surface area contributed by atoms with E-state index >= 15 is 0 Å². The fourth-order valence-corrected chi connectivity index (χ4v) is 2.85. The zero-order valence-corrected chi connectivity index (χ0v) is 14.8. The van der Waals surface area contributed by atoms with Crippen molar-refractivity contribution in [2.24, 2.45) is 10.7 Å². The molecule has 1 fully saturated rings. The van der Waals surface area contributed by atoms with Crippen LogP contribution < -0.4 is 15.2 Å². The predicted octanol–water partition coefficient (Wildman–Crippen LogP) is 0.472. The first-order valence-corrected chi connectivity index (χ1v) is 9.60. The molecular weight excluding hydrogens is 332 g/mol. The number of morpholine rings is 1. The van der Waals surface area contributed by atoms with Crippen LogP contribution in [-0.2, 0) is 14.8 Å². The van der Waals surface area contributed by atoms with Gasteiger partial charge in [-0.05, 0) is 31.2 Å². The minimum atomic E-state index is -3.27. The zero-order valence-electron chi connectivity index (χ0n) is 13.9. The van der Waals surface area contributed by atoms with Gasteiger partial charge in [0.25, 0.3) is 0 Å². The minimum Gasteiger partial charge on any atom is -0.492 e. The summed E-state index contributed by atoms with van der Waals surface area (Å²) < 4.78 is 35.7. The Kier molecular flexibility index (Phi) is 6.27. The van der Waals surface area contributed by atoms with Crippen LogP contribution in [-0.4, -0.2) is 64.5 Å². The molecule has 24 heavy (non-hydrogen) atoms. The monoisotopic (exact) mass is 356 g/mol. The van der Waals surface area contributed by atoms with Crippen molar-refractivity contribution in [1.82, 2.24) is 4.90 Å². The number of anilines is 1. The third-order valence-corrected chi connectivity index (χ3v) is 3.96. The normalized spacial score (nSPS) is 19.2. The molecule has 1 aromatic carbocycles. The molecule has 1 atom stereocenters. The fraction of sp³-hybridized carbons (Fsp3) is 0.533. The topological polar surface area (TPSA) is 106 Å². The standard InChI is InChI=1S/C15H24N4O4S/c1-12-11-19(8-10-22-12)15(16)17-7-9-23-14-5-3-13(4-6-14)18-24(2,20)21/h3-6,12,18H,7-11H2,1-2H3,(H2,16,17). The number of benzene rings is 1. The lowest BCUT2D eigenvalue weighted by atomic mass is 10.3. The van der Waals surface area contributed by atoms with Crippen LogP contribution in [0.2, 0.25) is 0 Å². The number of hydrogen-bond donors (Lipinski definition) is 2. The van der Waals surface area contributed by atoms with Gasteiger partial charge in [-0.15, -0.1) is 0 Å². The second-order valence-corrected chi connectivity index (χ2v) is 7.36. The zero-order chi connectivity index (χ0) is 17.6. The summed E-state index contributed by atoms with van der Waals surface area (Å²) in [6, 6.07) is 6.68. The van der Waals surface area contributed by atoms with Crippen molar-refractivity contribution in [3.63, 3.8) is 0 Å². The smallest absolute Gasteiger partial charge is 0.229 e. The molecule has 1 saturated heterocycles. The lowest BCUT2D eigenvalue weighted by molar-refractivity contribution is 0.00528. The molecule has 0 bridgehead atoms. The van der Waals surface area contributed by atoms with Crippen LogP contribution in [0.3, 0.4) is 0 Å². The SMILES string of the molecule is CC1CN(C(N)=NCCOc2ccc(NS(C)(=O)=O)cc2)CCO1. The van der Waals surface area contributed by atoms with E-state index in [9.17, 15) is 8.42 Å². The Morgan fingerprint density at radius 1 is 1.46 bits per heavy atom. The summed E-state index contributed by atoms with van der Waals surface area (Å²) in [7, 11) is -3.27. The van der Waals surface area contributed by atoms with E-state index in [4.69, 9.17) is 15.2 Å². The maximum Gasteiger partial charge on any atom is 0.229 e. The van der Waals surface area contributed by atoms with Gasteiger partial charge in [0.2, 0.25) is 10.0 Å².